The summed E-state index contributed by atoms with van der Waals surface area (Å²) in [5.41, 5.74) is -0.0562. The van der Waals surface area contributed by atoms with Gasteiger partial charge in [-0.3, -0.25) is 0 Å². The SMILES string of the molecule is COC(=O)c1nc(/N=C/N(C)C)ccc1Oc1ncc(OC)c(OC)n1. The number of carbonyl (C=O) groups is 1. The molecule has 2 rings (SSSR count). The third-order valence-electron chi connectivity index (χ3n) is 2.96. The van der Waals surface area contributed by atoms with E-state index in [1.54, 1.807) is 17.3 Å². The normalized spacial score (nSPS) is 10.5. The highest BCUT2D eigenvalue weighted by molar-refractivity contribution is 5.90. The van der Waals surface area contributed by atoms with Crippen LogP contribution in [-0.4, -0.2) is 67.6 Å². The van der Waals surface area contributed by atoms with E-state index in [0.717, 1.165) is 0 Å². The lowest BCUT2D eigenvalue weighted by Crippen LogP contribution is -2.09. The van der Waals surface area contributed by atoms with E-state index >= 15 is 0 Å². The van der Waals surface area contributed by atoms with Crippen LogP contribution >= 0.6 is 0 Å². The zero-order valence-electron chi connectivity index (χ0n) is 15.1. The third-order valence-corrected chi connectivity index (χ3v) is 2.96. The summed E-state index contributed by atoms with van der Waals surface area (Å²) in [5.74, 6) is 0.298. The smallest absolute Gasteiger partial charge is 0.360 e. The van der Waals surface area contributed by atoms with Gasteiger partial charge in [0.1, 0.15) is 0 Å². The Morgan fingerprint density at radius 3 is 2.50 bits per heavy atom. The molecule has 0 unspecified atom stereocenters. The van der Waals surface area contributed by atoms with Gasteiger partial charge in [0.05, 0.1) is 33.9 Å². The van der Waals surface area contributed by atoms with Gasteiger partial charge in [-0.15, -0.1) is 0 Å². The molecule has 0 amide bonds. The molecule has 0 aliphatic carbocycles. The second-order valence-electron chi connectivity index (χ2n) is 5.05. The maximum atomic E-state index is 12.0. The lowest BCUT2D eigenvalue weighted by molar-refractivity contribution is 0.0591. The molecule has 0 bridgehead atoms. The zero-order valence-corrected chi connectivity index (χ0v) is 15.1. The summed E-state index contributed by atoms with van der Waals surface area (Å²) in [6.07, 6.45) is 2.95. The summed E-state index contributed by atoms with van der Waals surface area (Å²) in [6.45, 7) is 0. The lowest BCUT2D eigenvalue weighted by atomic mass is 10.3. The second-order valence-corrected chi connectivity index (χ2v) is 5.05. The first-order valence-electron chi connectivity index (χ1n) is 7.41. The maximum absolute atomic E-state index is 12.0. The van der Waals surface area contributed by atoms with Crippen LogP contribution in [0.2, 0.25) is 0 Å². The number of ether oxygens (including phenoxy) is 4. The molecule has 10 heteroatoms. The topological polar surface area (TPSA) is 108 Å². The number of nitrogens with zero attached hydrogens (tertiary/aromatic N) is 5. The predicted octanol–water partition coefficient (Wildman–Crippen LogP) is 1.69. The Kier molecular flexibility index (Phi) is 6.25. The van der Waals surface area contributed by atoms with E-state index in [2.05, 4.69) is 19.9 Å². The summed E-state index contributed by atoms with van der Waals surface area (Å²) in [4.78, 5) is 30.1. The van der Waals surface area contributed by atoms with Crippen LogP contribution in [0, 0.1) is 0 Å². The molecule has 10 nitrogen and oxygen atoms in total. The quantitative estimate of drug-likeness (QED) is 0.413. The van der Waals surface area contributed by atoms with Gasteiger partial charge < -0.3 is 23.8 Å². The Morgan fingerprint density at radius 2 is 1.88 bits per heavy atom. The fourth-order valence-corrected chi connectivity index (χ4v) is 1.78. The van der Waals surface area contributed by atoms with Crippen molar-refractivity contribution in [1.29, 1.82) is 0 Å². The number of aliphatic imine (C=N–C) groups is 1. The van der Waals surface area contributed by atoms with Crippen molar-refractivity contribution < 1.29 is 23.7 Å². The van der Waals surface area contributed by atoms with Crippen molar-refractivity contribution >= 4 is 18.1 Å². The largest absolute Gasteiger partial charge is 0.490 e. The van der Waals surface area contributed by atoms with E-state index in [1.165, 1.54) is 33.6 Å². The minimum atomic E-state index is -0.678. The van der Waals surface area contributed by atoms with Crippen molar-refractivity contribution in [2.45, 2.75) is 0 Å². The predicted molar refractivity (Wildman–Crippen MR) is 92.6 cm³/mol. The van der Waals surface area contributed by atoms with Gasteiger partial charge in [0.2, 0.25) is 0 Å². The molecule has 138 valence electrons. The molecule has 2 aromatic rings. The number of methoxy groups -OCH3 is 3. The Bertz CT molecular complexity index is 810. The highest BCUT2D eigenvalue weighted by atomic mass is 16.5. The fourth-order valence-electron chi connectivity index (χ4n) is 1.78. The first-order valence-corrected chi connectivity index (χ1v) is 7.41. The van der Waals surface area contributed by atoms with Gasteiger partial charge in [0.15, 0.2) is 23.0 Å². The van der Waals surface area contributed by atoms with Crippen molar-refractivity contribution in [1.82, 2.24) is 19.9 Å². The summed E-state index contributed by atoms with van der Waals surface area (Å²) < 4.78 is 20.5. The minimum absolute atomic E-state index is 0.0425. The van der Waals surface area contributed by atoms with Crippen LogP contribution in [0.4, 0.5) is 5.82 Å². The number of pyridine rings is 1. The molecule has 0 aromatic carbocycles. The van der Waals surface area contributed by atoms with Crippen molar-refractivity contribution in [3.63, 3.8) is 0 Å². The highest BCUT2D eigenvalue weighted by Gasteiger charge is 2.19. The van der Waals surface area contributed by atoms with Crippen LogP contribution in [0.25, 0.3) is 0 Å². The van der Waals surface area contributed by atoms with Crippen molar-refractivity contribution in [3.05, 3.63) is 24.0 Å². The highest BCUT2D eigenvalue weighted by Crippen LogP contribution is 2.29. The van der Waals surface area contributed by atoms with Crippen LogP contribution in [0.5, 0.6) is 23.4 Å². The van der Waals surface area contributed by atoms with Gasteiger partial charge in [0, 0.05) is 14.1 Å². The van der Waals surface area contributed by atoms with Gasteiger partial charge >= 0.3 is 12.0 Å². The van der Waals surface area contributed by atoms with E-state index in [4.69, 9.17) is 18.9 Å². The van der Waals surface area contributed by atoms with Crippen LogP contribution < -0.4 is 14.2 Å². The number of rotatable bonds is 7. The zero-order chi connectivity index (χ0) is 19.1. The van der Waals surface area contributed by atoms with Crippen LogP contribution in [0.15, 0.2) is 23.3 Å². The molecule has 26 heavy (non-hydrogen) atoms. The molecule has 0 aliphatic heterocycles. The molecule has 0 N–H and O–H groups in total. The second kappa shape index (κ2) is 8.60. The minimum Gasteiger partial charge on any atom is -0.490 e. The summed E-state index contributed by atoms with van der Waals surface area (Å²) in [6, 6.07) is 3.07. The van der Waals surface area contributed by atoms with Gasteiger partial charge in [-0.05, 0) is 12.1 Å². The molecule has 0 aliphatic rings. The lowest BCUT2D eigenvalue weighted by Gasteiger charge is -2.10. The first kappa shape index (κ1) is 18.9. The summed E-state index contributed by atoms with van der Waals surface area (Å²) >= 11 is 0. The van der Waals surface area contributed by atoms with Gasteiger partial charge in [-0.1, -0.05) is 0 Å². The number of aromatic nitrogens is 3. The van der Waals surface area contributed by atoms with Gasteiger partial charge in [-0.2, -0.15) is 9.97 Å². The molecule has 0 atom stereocenters. The Morgan fingerprint density at radius 1 is 1.12 bits per heavy atom. The maximum Gasteiger partial charge on any atom is 0.360 e. The summed E-state index contributed by atoms with van der Waals surface area (Å²) in [7, 11) is 7.78. The molecule has 0 radical (unpaired) electrons. The van der Waals surface area contributed by atoms with E-state index in [9.17, 15) is 4.79 Å². The van der Waals surface area contributed by atoms with E-state index < -0.39 is 5.97 Å². The monoisotopic (exact) mass is 361 g/mol. The average Bonchev–Trinajstić information content (AvgIpc) is 2.66. The molecular weight excluding hydrogens is 342 g/mol. The number of hydrogen-bond acceptors (Lipinski definition) is 9. The average molecular weight is 361 g/mol. The van der Waals surface area contributed by atoms with Crippen LogP contribution in [0.3, 0.4) is 0 Å². The van der Waals surface area contributed by atoms with E-state index in [0.29, 0.717) is 11.6 Å². The number of carbonyl (C=O) groups excluding carboxylic acids is 1. The Hall–Kier alpha value is -3.43. The third kappa shape index (κ3) is 4.56. The van der Waals surface area contributed by atoms with Gasteiger partial charge in [-0.25, -0.2) is 14.8 Å². The number of esters is 1. The van der Waals surface area contributed by atoms with E-state index in [-0.39, 0.29) is 23.3 Å². The molecule has 0 spiro atoms. The van der Waals surface area contributed by atoms with Crippen molar-refractivity contribution in [2.75, 3.05) is 35.4 Å². The molecular formula is C16H19N5O5. The Labute approximate surface area is 150 Å². The fraction of sp³-hybridized carbons (Fsp3) is 0.312. The van der Waals surface area contributed by atoms with Gasteiger partial charge in [0.25, 0.3) is 5.88 Å². The first-order chi connectivity index (χ1) is 12.5. The molecule has 2 heterocycles. The van der Waals surface area contributed by atoms with Crippen molar-refractivity contribution in [2.24, 2.45) is 4.99 Å². The standard InChI is InChI=1S/C16H19N5O5/c1-21(2)9-18-12-7-6-10(13(19-12)15(22)25-5)26-16-17-8-11(23-3)14(20-16)24-4/h6-9H,1-5H3/b18-9+. The summed E-state index contributed by atoms with van der Waals surface area (Å²) in [5, 5.41) is 0. The van der Waals surface area contributed by atoms with Crippen LogP contribution in [0.1, 0.15) is 10.5 Å². The molecule has 0 fully saturated rings. The van der Waals surface area contributed by atoms with Crippen LogP contribution in [-0.2, 0) is 4.74 Å². The molecule has 0 saturated heterocycles. The Balaban J connectivity index is 2.37. The molecule has 2 aromatic heterocycles. The number of hydrogen-bond donors (Lipinski definition) is 0. The van der Waals surface area contributed by atoms with E-state index in [1.807, 2.05) is 14.1 Å². The molecule has 0 saturated carbocycles. The van der Waals surface area contributed by atoms with Crippen molar-refractivity contribution in [3.8, 4) is 23.4 Å².